The summed E-state index contributed by atoms with van der Waals surface area (Å²) >= 11 is 0. The van der Waals surface area contributed by atoms with Crippen LogP contribution >= 0.6 is 24.0 Å². The molecule has 0 spiro atoms. The van der Waals surface area contributed by atoms with Crippen LogP contribution in [0.15, 0.2) is 35.6 Å². The van der Waals surface area contributed by atoms with E-state index in [1.54, 1.807) is 0 Å². The van der Waals surface area contributed by atoms with Gasteiger partial charge in [-0.15, -0.1) is 24.0 Å². The summed E-state index contributed by atoms with van der Waals surface area (Å²) in [5.41, 5.74) is 2.14. The van der Waals surface area contributed by atoms with E-state index in [2.05, 4.69) is 31.2 Å². The largest absolute Gasteiger partial charge is 0.357 e. The molecule has 0 amide bonds. The van der Waals surface area contributed by atoms with Crippen LogP contribution in [0.4, 0.5) is 0 Å². The summed E-state index contributed by atoms with van der Waals surface area (Å²) in [4.78, 5) is 8.96. The van der Waals surface area contributed by atoms with E-state index in [-0.39, 0.29) is 41.5 Å². The van der Waals surface area contributed by atoms with Crippen molar-refractivity contribution < 1.29 is 8.42 Å². The number of benzene rings is 1. The molecule has 1 aromatic carbocycles. The fourth-order valence-corrected chi connectivity index (χ4v) is 4.72. The maximum atomic E-state index is 11.6. The van der Waals surface area contributed by atoms with Crippen LogP contribution in [0.25, 0.3) is 11.0 Å². The van der Waals surface area contributed by atoms with Gasteiger partial charge in [-0.1, -0.05) is 12.1 Å². The molecular formula is C17H26IN5O2S. The van der Waals surface area contributed by atoms with Gasteiger partial charge in [-0.25, -0.2) is 13.4 Å². The van der Waals surface area contributed by atoms with Crippen LogP contribution in [0.5, 0.6) is 0 Å². The van der Waals surface area contributed by atoms with E-state index in [1.807, 2.05) is 31.5 Å². The monoisotopic (exact) mass is 491 g/mol. The van der Waals surface area contributed by atoms with Crippen LogP contribution in [0.2, 0.25) is 0 Å². The summed E-state index contributed by atoms with van der Waals surface area (Å²) in [6, 6.07) is 8.04. The first kappa shape index (κ1) is 20.9. The van der Waals surface area contributed by atoms with Crippen molar-refractivity contribution in [2.45, 2.75) is 32.4 Å². The molecule has 3 rings (SSSR count). The molecular weight excluding hydrogens is 465 g/mol. The van der Waals surface area contributed by atoms with Gasteiger partial charge < -0.3 is 15.2 Å². The molecule has 0 radical (unpaired) electrons. The van der Waals surface area contributed by atoms with Crippen LogP contribution in [-0.4, -0.2) is 54.6 Å². The van der Waals surface area contributed by atoms with Gasteiger partial charge in [0.05, 0.1) is 28.9 Å². The summed E-state index contributed by atoms with van der Waals surface area (Å²) < 4.78 is 25.3. The third-order valence-corrected chi connectivity index (χ3v) is 6.04. The Bertz CT molecular complexity index is 850. The number of imidazole rings is 1. The van der Waals surface area contributed by atoms with Gasteiger partial charge >= 0.3 is 0 Å². The average Bonchev–Trinajstić information content (AvgIpc) is 3.15. The molecule has 1 atom stereocenters. The molecule has 1 saturated heterocycles. The molecule has 1 fully saturated rings. The predicted octanol–water partition coefficient (Wildman–Crippen LogP) is 1.79. The lowest BCUT2D eigenvalue weighted by Gasteiger charge is -2.15. The van der Waals surface area contributed by atoms with Gasteiger partial charge in [0, 0.05) is 25.7 Å². The SMILES string of the molecule is CCNC(=NCCCn1cnc2ccccc21)NC1CCS(=O)(=O)C1.I. The van der Waals surface area contributed by atoms with Gasteiger partial charge in [0.2, 0.25) is 0 Å². The van der Waals surface area contributed by atoms with Crippen LogP contribution in [0.3, 0.4) is 0 Å². The van der Waals surface area contributed by atoms with Crippen LogP contribution in [0.1, 0.15) is 19.8 Å². The van der Waals surface area contributed by atoms with Gasteiger partial charge in [0.15, 0.2) is 15.8 Å². The zero-order valence-corrected chi connectivity index (χ0v) is 18.0. The van der Waals surface area contributed by atoms with Crippen LogP contribution < -0.4 is 10.6 Å². The number of sulfone groups is 1. The Hall–Kier alpha value is -1.36. The van der Waals surface area contributed by atoms with E-state index >= 15 is 0 Å². The minimum Gasteiger partial charge on any atom is -0.357 e. The van der Waals surface area contributed by atoms with Gasteiger partial charge in [-0.3, -0.25) is 4.99 Å². The third-order valence-electron chi connectivity index (χ3n) is 4.27. The van der Waals surface area contributed by atoms with Crippen molar-refractivity contribution in [3.05, 3.63) is 30.6 Å². The summed E-state index contributed by atoms with van der Waals surface area (Å²) in [5, 5.41) is 6.42. The number of nitrogens with zero attached hydrogens (tertiary/aromatic N) is 3. The molecule has 1 aromatic heterocycles. The molecule has 1 aliphatic rings. The van der Waals surface area contributed by atoms with Gasteiger partial charge in [0.25, 0.3) is 0 Å². The van der Waals surface area contributed by atoms with Crippen LogP contribution in [-0.2, 0) is 16.4 Å². The third kappa shape index (κ3) is 5.57. The molecule has 9 heteroatoms. The Kier molecular flexibility index (Phi) is 7.69. The number of aliphatic imine (C=N–C) groups is 1. The maximum absolute atomic E-state index is 11.6. The first-order chi connectivity index (χ1) is 12.1. The van der Waals surface area contributed by atoms with E-state index in [0.717, 1.165) is 30.5 Å². The number of hydrogen-bond donors (Lipinski definition) is 2. The topological polar surface area (TPSA) is 88.4 Å². The molecule has 7 nitrogen and oxygen atoms in total. The second kappa shape index (κ2) is 9.54. The fourth-order valence-electron chi connectivity index (χ4n) is 3.04. The zero-order valence-electron chi connectivity index (χ0n) is 14.9. The minimum absolute atomic E-state index is 0. The van der Waals surface area contributed by atoms with E-state index in [4.69, 9.17) is 0 Å². The highest BCUT2D eigenvalue weighted by Crippen LogP contribution is 2.12. The highest BCUT2D eigenvalue weighted by molar-refractivity contribution is 14.0. The highest BCUT2D eigenvalue weighted by Gasteiger charge is 2.28. The highest BCUT2D eigenvalue weighted by atomic mass is 127. The molecule has 0 aliphatic carbocycles. The number of fused-ring (bicyclic) bond motifs is 1. The standard InChI is InChI=1S/C17H25N5O2S.HI/c1-2-18-17(21-14-8-11-25(23,24)12-14)19-9-5-10-22-13-20-15-6-3-4-7-16(15)22;/h3-4,6-7,13-14H,2,5,8-12H2,1H3,(H2,18,19,21);1H. The second-order valence-electron chi connectivity index (χ2n) is 6.29. The number of nitrogens with one attached hydrogen (secondary N) is 2. The number of rotatable bonds is 6. The number of halogens is 1. The molecule has 1 aliphatic heterocycles. The molecule has 1 unspecified atom stereocenters. The van der Waals surface area contributed by atoms with Crippen molar-refractivity contribution in [1.82, 2.24) is 20.2 Å². The van der Waals surface area contributed by atoms with Gasteiger partial charge in [-0.05, 0) is 31.9 Å². The molecule has 144 valence electrons. The molecule has 2 N–H and O–H groups in total. The Labute approximate surface area is 171 Å². The van der Waals surface area contributed by atoms with Crippen molar-refractivity contribution in [3.63, 3.8) is 0 Å². The van der Waals surface area contributed by atoms with Crippen molar-refractivity contribution in [1.29, 1.82) is 0 Å². The second-order valence-corrected chi connectivity index (χ2v) is 8.51. The quantitative estimate of drug-likeness (QED) is 0.279. The minimum atomic E-state index is -2.89. The zero-order chi connectivity index (χ0) is 17.7. The predicted molar refractivity (Wildman–Crippen MR) is 116 cm³/mol. The maximum Gasteiger partial charge on any atom is 0.191 e. The molecule has 0 saturated carbocycles. The summed E-state index contributed by atoms with van der Waals surface area (Å²) in [5.74, 6) is 1.15. The summed E-state index contributed by atoms with van der Waals surface area (Å²) in [7, 11) is -2.89. The lowest BCUT2D eigenvalue weighted by molar-refractivity contribution is 0.599. The molecule has 2 aromatic rings. The van der Waals surface area contributed by atoms with E-state index < -0.39 is 9.84 Å². The summed E-state index contributed by atoms with van der Waals surface area (Å²) in [6.07, 6.45) is 3.40. The fraction of sp³-hybridized carbons (Fsp3) is 0.529. The number of aromatic nitrogens is 2. The summed E-state index contributed by atoms with van der Waals surface area (Å²) in [6.45, 7) is 4.26. The van der Waals surface area contributed by atoms with Gasteiger partial charge in [0.1, 0.15) is 0 Å². The van der Waals surface area contributed by atoms with Crippen molar-refractivity contribution in [2.24, 2.45) is 4.99 Å². The first-order valence-corrected chi connectivity index (χ1v) is 10.5. The number of guanidine groups is 1. The molecule has 2 heterocycles. The number of hydrogen-bond acceptors (Lipinski definition) is 4. The Morgan fingerprint density at radius 3 is 2.92 bits per heavy atom. The number of para-hydroxylation sites is 2. The smallest absolute Gasteiger partial charge is 0.191 e. The molecule has 0 bridgehead atoms. The average molecular weight is 491 g/mol. The van der Waals surface area contributed by atoms with Crippen molar-refractivity contribution in [3.8, 4) is 0 Å². The van der Waals surface area contributed by atoms with Crippen LogP contribution in [0, 0.1) is 0 Å². The van der Waals surface area contributed by atoms with E-state index in [1.165, 1.54) is 0 Å². The van der Waals surface area contributed by atoms with E-state index in [0.29, 0.717) is 18.9 Å². The molecule has 26 heavy (non-hydrogen) atoms. The van der Waals surface area contributed by atoms with E-state index in [9.17, 15) is 8.42 Å². The Balaban J connectivity index is 0.00000243. The first-order valence-electron chi connectivity index (χ1n) is 8.72. The Morgan fingerprint density at radius 2 is 2.19 bits per heavy atom. The lowest BCUT2D eigenvalue weighted by atomic mass is 10.3. The van der Waals surface area contributed by atoms with Crippen molar-refractivity contribution in [2.75, 3.05) is 24.6 Å². The normalized spacial score (nSPS) is 19.3. The Morgan fingerprint density at radius 1 is 1.38 bits per heavy atom. The lowest BCUT2D eigenvalue weighted by Crippen LogP contribution is -2.44. The number of aryl methyl sites for hydroxylation is 1. The van der Waals surface area contributed by atoms with Gasteiger partial charge in [-0.2, -0.15) is 0 Å². The van der Waals surface area contributed by atoms with Crippen molar-refractivity contribution >= 4 is 50.8 Å².